The molecule has 0 heterocycles. The minimum Gasteiger partial charge on any atom is -0.497 e. The van der Waals surface area contributed by atoms with E-state index >= 15 is 0 Å². The molecule has 0 aliphatic heterocycles. The van der Waals surface area contributed by atoms with E-state index in [0.29, 0.717) is 13.0 Å². The summed E-state index contributed by atoms with van der Waals surface area (Å²) >= 11 is 0. The van der Waals surface area contributed by atoms with E-state index in [9.17, 15) is 4.79 Å². The lowest BCUT2D eigenvalue weighted by Gasteiger charge is -2.14. The van der Waals surface area contributed by atoms with Crippen molar-refractivity contribution >= 4 is 5.97 Å². The lowest BCUT2D eigenvalue weighted by atomic mass is 10.1. The standard InChI is InChI=1S/C16H22O4/c1-4-14(6-5-7-16(17)19-3)20-12-13-8-10-15(18-2)11-9-13/h4,8-11,14H,1,5-7,12H2,2-3H3/t14-/m0/s1. The first-order valence-electron chi connectivity index (χ1n) is 6.63. The first-order valence-corrected chi connectivity index (χ1v) is 6.63. The molecular formula is C16H22O4. The van der Waals surface area contributed by atoms with Crippen LogP contribution in [0.5, 0.6) is 5.75 Å². The van der Waals surface area contributed by atoms with Gasteiger partial charge in [-0.3, -0.25) is 4.79 Å². The average Bonchev–Trinajstić information content (AvgIpc) is 2.50. The quantitative estimate of drug-likeness (QED) is 0.514. The number of ether oxygens (including phenoxy) is 3. The molecule has 0 spiro atoms. The molecule has 0 fully saturated rings. The van der Waals surface area contributed by atoms with Gasteiger partial charge in [0.2, 0.25) is 0 Å². The van der Waals surface area contributed by atoms with Crippen LogP contribution in [0.15, 0.2) is 36.9 Å². The maximum absolute atomic E-state index is 11.0. The second-order valence-electron chi connectivity index (χ2n) is 4.40. The Balaban J connectivity index is 2.32. The predicted octanol–water partition coefficient (Wildman–Crippen LogP) is 3.11. The van der Waals surface area contributed by atoms with E-state index in [2.05, 4.69) is 11.3 Å². The van der Waals surface area contributed by atoms with Crippen molar-refractivity contribution in [2.75, 3.05) is 14.2 Å². The SMILES string of the molecule is C=C[C@@H](CCCC(=O)OC)OCc1ccc(OC)cc1. The van der Waals surface area contributed by atoms with Crippen LogP contribution in [0, 0.1) is 0 Å². The summed E-state index contributed by atoms with van der Waals surface area (Å²) < 4.78 is 15.5. The van der Waals surface area contributed by atoms with Crippen molar-refractivity contribution < 1.29 is 19.0 Å². The summed E-state index contributed by atoms with van der Waals surface area (Å²) in [6, 6.07) is 7.73. The van der Waals surface area contributed by atoms with Gasteiger partial charge < -0.3 is 14.2 Å². The molecule has 0 N–H and O–H groups in total. The highest BCUT2D eigenvalue weighted by Crippen LogP contribution is 2.14. The van der Waals surface area contributed by atoms with Crippen LogP contribution in [0.3, 0.4) is 0 Å². The van der Waals surface area contributed by atoms with E-state index in [-0.39, 0.29) is 12.1 Å². The summed E-state index contributed by atoms with van der Waals surface area (Å²) in [7, 11) is 3.04. The third kappa shape index (κ3) is 5.89. The van der Waals surface area contributed by atoms with E-state index in [1.54, 1.807) is 13.2 Å². The van der Waals surface area contributed by atoms with E-state index in [0.717, 1.165) is 24.2 Å². The molecule has 0 unspecified atom stereocenters. The molecule has 0 aromatic heterocycles. The zero-order valence-corrected chi connectivity index (χ0v) is 12.1. The van der Waals surface area contributed by atoms with Gasteiger partial charge in [0, 0.05) is 6.42 Å². The van der Waals surface area contributed by atoms with Crippen molar-refractivity contribution in [3.8, 4) is 5.75 Å². The van der Waals surface area contributed by atoms with Crippen LogP contribution >= 0.6 is 0 Å². The summed E-state index contributed by atoms with van der Waals surface area (Å²) in [5.41, 5.74) is 1.07. The molecule has 1 aromatic rings. The van der Waals surface area contributed by atoms with E-state index in [1.165, 1.54) is 7.11 Å². The number of methoxy groups -OCH3 is 2. The Bertz CT molecular complexity index is 411. The molecule has 1 atom stereocenters. The molecule has 1 aromatic carbocycles. The lowest BCUT2D eigenvalue weighted by Crippen LogP contribution is -2.11. The van der Waals surface area contributed by atoms with Gasteiger partial charge in [-0.15, -0.1) is 6.58 Å². The predicted molar refractivity (Wildman–Crippen MR) is 77.6 cm³/mol. The van der Waals surface area contributed by atoms with Gasteiger partial charge >= 0.3 is 5.97 Å². The van der Waals surface area contributed by atoms with Crippen LogP contribution in [0.1, 0.15) is 24.8 Å². The van der Waals surface area contributed by atoms with E-state index in [1.807, 2.05) is 24.3 Å². The summed E-state index contributed by atoms with van der Waals surface area (Å²) in [6.07, 6.45) is 3.61. The van der Waals surface area contributed by atoms with Crippen molar-refractivity contribution in [2.24, 2.45) is 0 Å². The first kappa shape index (κ1) is 16.2. The molecule has 0 amide bonds. The van der Waals surface area contributed by atoms with Crippen molar-refractivity contribution in [3.63, 3.8) is 0 Å². The Hall–Kier alpha value is -1.81. The first-order chi connectivity index (χ1) is 9.69. The van der Waals surface area contributed by atoms with Crippen LogP contribution in [0.4, 0.5) is 0 Å². The van der Waals surface area contributed by atoms with Gasteiger partial charge in [0.1, 0.15) is 5.75 Å². The van der Waals surface area contributed by atoms with E-state index in [4.69, 9.17) is 9.47 Å². The van der Waals surface area contributed by atoms with Crippen LogP contribution in [-0.2, 0) is 20.9 Å². The Morgan fingerprint density at radius 2 is 2.00 bits per heavy atom. The Labute approximate surface area is 120 Å². The summed E-state index contributed by atoms with van der Waals surface area (Å²) in [5, 5.41) is 0. The van der Waals surface area contributed by atoms with Crippen molar-refractivity contribution in [2.45, 2.75) is 32.0 Å². The van der Waals surface area contributed by atoms with Gasteiger partial charge in [-0.1, -0.05) is 18.2 Å². The summed E-state index contributed by atoms with van der Waals surface area (Å²) in [6.45, 7) is 4.27. The Morgan fingerprint density at radius 1 is 1.30 bits per heavy atom. The van der Waals surface area contributed by atoms with Crippen molar-refractivity contribution in [3.05, 3.63) is 42.5 Å². The number of carbonyl (C=O) groups is 1. The summed E-state index contributed by atoms with van der Waals surface area (Å²) in [4.78, 5) is 11.0. The number of benzene rings is 1. The maximum Gasteiger partial charge on any atom is 0.305 e. The molecule has 0 saturated carbocycles. The van der Waals surface area contributed by atoms with Gasteiger partial charge in [-0.25, -0.2) is 0 Å². The van der Waals surface area contributed by atoms with Crippen LogP contribution < -0.4 is 4.74 Å². The molecule has 110 valence electrons. The Morgan fingerprint density at radius 3 is 2.55 bits per heavy atom. The van der Waals surface area contributed by atoms with Crippen LogP contribution in [-0.4, -0.2) is 26.3 Å². The Kier molecular flexibility index (Phi) is 7.43. The molecule has 0 aliphatic rings. The monoisotopic (exact) mass is 278 g/mol. The maximum atomic E-state index is 11.0. The minimum absolute atomic E-state index is 0.0539. The van der Waals surface area contributed by atoms with Gasteiger partial charge in [0.15, 0.2) is 0 Å². The third-order valence-corrected chi connectivity index (χ3v) is 2.98. The second kappa shape index (κ2) is 9.15. The van der Waals surface area contributed by atoms with Gasteiger partial charge in [-0.05, 0) is 30.5 Å². The fourth-order valence-corrected chi connectivity index (χ4v) is 1.74. The third-order valence-electron chi connectivity index (χ3n) is 2.98. The molecule has 20 heavy (non-hydrogen) atoms. The molecule has 0 radical (unpaired) electrons. The van der Waals surface area contributed by atoms with E-state index < -0.39 is 0 Å². The van der Waals surface area contributed by atoms with Crippen molar-refractivity contribution in [1.82, 2.24) is 0 Å². The lowest BCUT2D eigenvalue weighted by molar-refractivity contribution is -0.140. The topological polar surface area (TPSA) is 44.8 Å². The zero-order valence-electron chi connectivity index (χ0n) is 12.1. The summed E-state index contributed by atoms with van der Waals surface area (Å²) in [5.74, 6) is 0.634. The molecule has 0 aliphatic carbocycles. The molecular weight excluding hydrogens is 256 g/mol. The smallest absolute Gasteiger partial charge is 0.305 e. The number of hydrogen-bond donors (Lipinski definition) is 0. The molecule has 1 rings (SSSR count). The minimum atomic E-state index is -0.192. The zero-order chi connectivity index (χ0) is 14.8. The van der Waals surface area contributed by atoms with Crippen LogP contribution in [0.2, 0.25) is 0 Å². The molecule has 4 heteroatoms. The highest BCUT2D eigenvalue weighted by atomic mass is 16.5. The number of esters is 1. The van der Waals surface area contributed by atoms with Crippen molar-refractivity contribution in [1.29, 1.82) is 0 Å². The second-order valence-corrected chi connectivity index (χ2v) is 4.40. The fraction of sp³-hybridized carbons (Fsp3) is 0.438. The normalized spacial score (nSPS) is 11.7. The highest BCUT2D eigenvalue weighted by Gasteiger charge is 2.07. The largest absolute Gasteiger partial charge is 0.497 e. The van der Waals surface area contributed by atoms with Gasteiger partial charge in [0.25, 0.3) is 0 Å². The van der Waals surface area contributed by atoms with Gasteiger partial charge in [-0.2, -0.15) is 0 Å². The molecule has 0 saturated heterocycles. The van der Waals surface area contributed by atoms with Gasteiger partial charge in [0.05, 0.1) is 26.9 Å². The molecule has 4 nitrogen and oxygen atoms in total. The average molecular weight is 278 g/mol. The number of carbonyl (C=O) groups excluding carboxylic acids is 1. The molecule has 0 bridgehead atoms. The fourth-order valence-electron chi connectivity index (χ4n) is 1.74. The van der Waals surface area contributed by atoms with Crippen LogP contribution in [0.25, 0.3) is 0 Å². The number of rotatable bonds is 9. The highest BCUT2D eigenvalue weighted by molar-refractivity contribution is 5.68. The number of hydrogen-bond acceptors (Lipinski definition) is 4.